The average molecular weight is 261 g/mol. The van der Waals surface area contributed by atoms with E-state index >= 15 is 0 Å². The second kappa shape index (κ2) is 2.50. The van der Waals surface area contributed by atoms with Crippen LogP contribution in [0.4, 0.5) is 0 Å². The molecule has 1 nitrogen and oxygen atoms in total. The Kier molecular flexibility index (Phi) is 1.64. The summed E-state index contributed by atoms with van der Waals surface area (Å²) in [7, 11) is 0. The van der Waals surface area contributed by atoms with Gasteiger partial charge in [-0.25, -0.2) is 0 Å². The zero-order chi connectivity index (χ0) is 6.97. The Bertz CT molecular complexity index is 322. The normalized spacial score (nSPS) is 10.5. The van der Waals surface area contributed by atoms with E-state index in [0.717, 1.165) is 0 Å². The van der Waals surface area contributed by atoms with Gasteiger partial charge in [-0.15, -0.1) is 0 Å². The number of fused-ring (bicyclic) bond motifs is 1. The van der Waals surface area contributed by atoms with Gasteiger partial charge in [0.1, 0.15) is 0 Å². The summed E-state index contributed by atoms with van der Waals surface area (Å²) in [5.41, 5.74) is 0. The molecule has 2 aromatic heterocycles. The fourth-order valence-electron chi connectivity index (χ4n) is 0.842. The van der Waals surface area contributed by atoms with Crippen molar-refractivity contribution in [2.75, 3.05) is 0 Å². The summed E-state index contributed by atoms with van der Waals surface area (Å²) in [5.74, 6) is 0. The molecule has 2 aromatic rings. The molecule has 0 aromatic carbocycles. The minimum atomic E-state index is 0.427. The molecule has 0 amide bonds. The van der Waals surface area contributed by atoms with E-state index in [1.54, 1.807) is 0 Å². The molecular weight excluding hydrogens is 257 g/mol. The Morgan fingerprint density at radius 3 is 3.20 bits per heavy atom. The van der Waals surface area contributed by atoms with Crippen molar-refractivity contribution in [3.05, 3.63) is 27.7 Å². The van der Waals surface area contributed by atoms with Gasteiger partial charge in [0.05, 0.1) is 0 Å². The number of hydrogen-bond acceptors (Lipinski definition) is 1. The van der Waals surface area contributed by atoms with Crippen molar-refractivity contribution in [3.8, 4) is 0 Å². The van der Waals surface area contributed by atoms with Crippen LogP contribution < -0.4 is 0 Å². The molecular formula is C7H4BrNSe. The standard InChI is InChI=1S/C7H4BrNSe/c8-6-4-5-2-1-3-9-7(5)10-6/h1-4H. The molecule has 10 heavy (non-hydrogen) atoms. The van der Waals surface area contributed by atoms with E-state index < -0.39 is 0 Å². The number of halogens is 1. The zero-order valence-corrected chi connectivity index (χ0v) is 8.34. The maximum atomic E-state index is 4.26. The van der Waals surface area contributed by atoms with Crippen LogP contribution in [0.25, 0.3) is 9.78 Å². The number of aromatic nitrogens is 1. The van der Waals surface area contributed by atoms with Gasteiger partial charge in [-0.05, 0) is 0 Å². The summed E-state index contributed by atoms with van der Waals surface area (Å²) in [6.45, 7) is 0. The quantitative estimate of drug-likeness (QED) is 0.661. The van der Waals surface area contributed by atoms with Gasteiger partial charge in [0.25, 0.3) is 0 Å². The summed E-state index contributed by atoms with van der Waals surface area (Å²) in [6, 6.07) is 6.21. The molecule has 2 heterocycles. The topological polar surface area (TPSA) is 12.9 Å². The van der Waals surface area contributed by atoms with Gasteiger partial charge >= 0.3 is 72.9 Å². The Balaban J connectivity index is 2.88. The van der Waals surface area contributed by atoms with Gasteiger partial charge in [-0.3, -0.25) is 0 Å². The number of pyridine rings is 1. The van der Waals surface area contributed by atoms with Crippen LogP contribution in [0.15, 0.2) is 27.7 Å². The molecule has 0 aliphatic heterocycles. The third-order valence-electron chi connectivity index (χ3n) is 1.26. The van der Waals surface area contributed by atoms with Gasteiger partial charge in [0, 0.05) is 0 Å². The monoisotopic (exact) mass is 261 g/mol. The average Bonchev–Trinajstić information content (AvgIpc) is 2.27. The fraction of sp³-hybridized carbons (Fsp3) is 0. The van der Waals surface area contributed by atoms with Crippen LogP contribution >= 0.6 is 15.9 Å². The summed E-state index contributed by atoms with van der Waals surface area (Å²) in [6.07, 6.45) is 1.85. The third kappa shape index (κ3) is 1.05. The van der Waals surface area contributed by atoms with Crippen LogP contribution in [0.1, 0.15) is 0 Å². The first kappa shape index (κ1) is 6.59. The molecule has 0 aliphatic carbocycles. The van der Waals surface area contributed by atoms with E-state index in [9.17, 15) is 0 Å². The molecule has 0 radical (unpaired) electrons. The molecule has 0 saturated heterocycles. The summed E-state index contributed by atoms with van der Waals surface area (Å²) < 4.78 is 2.52. The first-order valence-electron chi connectivity index (χ1n) is 2.86. The van der Waals surface area contributed by atoms with Crippen LogP contribution in [-0.4, -0.2) is 19.5 Å². The number of hydrogen-bond donors (Lipinski definition) is 0. The van der Waals surface area contributed by atoms with Crippen molar-refractivity contribution in [3.63, 3.8) is 0 Å². The second-order valence-electron chi connectivity index (χ2n) is 1.95. The second-order valence-corrected chi connectivity index (χ2v) is 6.15. The van der Waals surface area contributed by atoms with E-state index in [2.05, 4.69) is 33.0 Å². The number of nitrogens with zero attached hydrogens (tertiary/aromatic N) is 1. The Morgan fingerprint density at radius 1 is 1.50 bits per heavy atom. The molecule has 0 unspecified atom stereocenters. The van der Waals surface area contributed by atoms with Crippen LogP contribution in [0.3, 0.4) is 0 Å². The van der Waals surface area contributed by atoms with Crippen LogP contribution in [0.5, 0.6) is 0 Å². The van der Waals surface area contributed by atoms with E-state index in [1.807, 2.05) is 12.3 Å². The maximum absolute atomic E-state index is 4.26. The molecule has 0 aliphatic rings. The Morgan fingerprint density at radius 2 is 2.40 bits per heavy atom. The first-order chi connectivity index (χ1) is 4.86. The van der Waals surface area contributed by atoms with Gasteiger partial charge in [0.2, 0.25) is 0 Å². The van der Waals surface area contributed by atoms with Gasteiger partial charge in [0.15, 0.2) is 0 Å². The molecule has 0 N–H and O–H groups in total. The van der Waals surface area contributed by atoms with Gasteiger partial charge < -0.3 is 0 Å². The molecule has 2 rings (SSSR count). The van der Waals surface area contributed by atoms with Crippen LogP contribution in [0.2, 0.25) is 0 Å². The van der Waals surface area contributed by atoms with E-state index in [-0.39, 0.29) is 0 Å². The summed E-state index contributed by atoms with van der Waals surface area (Å²) >= 11 is 3.90. The van der Waals surface area contributed by atoms with Crippen molar-refractivity contribution >= 4 is 40.2 Å². The molecule has 0 fully saturated rings. The Hall–Kier alpha value is -0.111. The Labute approximate surface area is 73.0 Å². The van der Waals surface area contributed by atoms with Crippen molar-refractivity contribution in [2.24, 2.45) is 0 Å². The van der Waals surface area contributed by atoms with E-state index in [0.29, 0.717) is 14.5 Å². The fourth-order valence-corrected chi connectivity index (χ4v) is 3.42. The predicted octanol–water partition coefficient (Wildman–Crippen LogP) is 2.05. The van der Waals surface area contributed by atoms with Gasteiger partial charge in [-0.2, -0.15) is 0 Å². The predicted molar refractivity (Wildman–Crippen MR) is 46.4 cm³/mol. The van der Waals surface area contributed by atoms with E-state index in [4.69, 9.17) is 0 Å². The number of rotatable bonds is 0. The molecule has 0 saturated carbocycles. The van der Waals surface area contributed by atoms with Crippen molar-refractivity contribution in [2.45, 2.75) is 0 Å². The molecule has 0 atom stereocenters. The summed E-state index contributed by atoms with van der Waals surface area (Å²) in [5, 5.41) is 1.27. The molecule has 0 spiro atoms. The first-order valence-corrected chi connectivity index (χ1v) is 5.37. The third-order valence-corrected chi connectivity index (χ3v) is 4.11. The van der Waals surface area contributed by atoms with Crippen molar-refractivity contribution in [1.82, 2.24) is 4.98 Å². The molecule has 3 heteroatoms. The molecule has 50 valence electrons. The minimum absolute atomic E-state index is 0.427. The van der Waals surface area contributed by atoms with Crippen molar-refractivity contribution in [1.29, 1.82) is 0 Å². The van der Waals surface area contributed by atoms with Crippen LogP contribution in [0, 0.1) is 0 Å². The van der Waals surface area contributed by atoms with Crippen molar-refractivity contribution < 1.29 is 0 Å². The molecule has 0 bridgehead atoms. The van der Waals surface area contributed by atoms with E-state index in [1.165, 1.54) is 13.1 Å². The summed E-state index contributed by atoms with van der Waals surface area (Å²) in [4.78, 5) is 4.26. The SMILES string of the molecule is Brc1cc2cccnc2[se]1. The zero-order valence-electron chi connectivity index (χ0n) is 5.04. The van der Waals surface area contributed by atoms with Gasteiger partial charge in [-0.1, -0.05) is 0 Å². The van der Waals surface area contributed by atoms with Crippen LogP contribution in [-0.2, 0) is 0 Å².